The number of likely N-dealkylation sites (tertiary alicyclic amines) is 1. The molecule has 1 amide bonds. The lowest BCUT2D eigenvalue weighted by molar-refractivity contribution is -0.156. The molecular weight excluding hydrogens is 372 g/mol. The number of nitriles is 1. The molecule has 0 N–H and O–H groups in total. The van der Waals surface area contributed by atoms with Crippen molar-refractivity contribution in [3.05, 3.63) is 42.5 Å². The van der Waals surface area contributed by atoms with Gasteiger partial charge in [-0.3, -0.25) is 4.79 Å². The summed E-state index contributed by atoms with van der Waals surface area (Å²) in [5.74, 6) is -0.127. The van der Waals surface area contributed by atoms with Gasteiger partial charge >= 0.3 is 5.97 Å². The summed E-state index contributed by atoms with van der Waals surface area (Å²) in [6.45, 7) is 10.0. The van der Waals surface area contributed by atoms with E-state index in [-0.39, 0.29) is 31.0 Å². The largest absolute Gasteiger partial charge is 0.497 e. The Morgan fingerprint density at radius 1 is 1.43 bits per heavy atom. The van der Waals surface area contributed by atoms with Gasteiger partial charge in [0.25, 0.3) is 0 Å². The second-order valence-corrected chi connectivity index (χ2v) is 12.7. The molecule has 0 spiro atoms. The average molecular weight is 401 g/mol. The van der Waals surface area contributed by atoms with E-state index >= 15 is 0 Å². The van der Waals surface area contributed by atoms with Crippen molar-refractivity contribution >= 4 is 20.0 Å². The number of carbonyl (C=O) groups excluding carboxylic acids is 2. The summed E-state index contributed by atoms with van der Waals surface area (Å²) >= 11 is 0. The summed E-state index contributed by atoms with van der Waals surface area (Å²) in [5, 5.41) is 10.2. The Bertz CT molecular complexity index is 785. The minimum atomic E-state index is -2.16. The summed E-state index contributed by atoms with van der Waals surface area (Å²) < 4.78 is 10.5. The van der Waals surface area contributed by atoms with Gasteiger partial charge in [-0.05, 0) is 30.7 Å². The van der Waals surface area contributed by atoms with E-state index in [2.05, 4.69) is 25.7 Å². The molecule has 1 aromatic rings. The van der Waals surface area contributed by atoms with Crippen LogP contribution in [-0.4, -0.2) is 44.1 Å². The fraction of sp³-hybridized carbons (Fsp3) is 0.476. The molecule has 150 valence electrons. The maximum atomic E-state index is 13.0. The Kier molecular flexibility index (Phi) is 6.67. The van der Waals surface area contributed by atoms with Crippen LogP contribution in [0.3, 0.4) is 0 Å². The van der Waals surface area contributed by atoms with E-state index in [1.54, 1.807) is 26.2 Å². The van der Waals surface area contributed by atoms with Crippen LogP contribution in [0.2, 0.25) is 24.7 Å². The van der Waals surface area contributed by atoms with Gasteiger partial charge in [0, 0.05) is 18.5 Å². The van der Waals surface area contributed by atoms with Crippen molar-refractivity contribution in [3.63, 3.8) is 0 Å². The van der Waals surface area contributed by atoms with E-state index in [4.69, 9.17) is 9.47 Å². The molecule has 1 fully saturated rings. The lowest BCUT2D eigenvalue weighted by Gasteiger charge is -2.40. The third-order valence-corrected chi connectivity index (χ3v) is 9.33. The minimum Gasteiger partial charge on any atom is -0.497 e. The van der Waals surface area contributed by atoms with Crippen LogP contribution >= 0.6 is 0 Å². The highest BCUT2D eigenvalue weighted by molar-refractivity contribution is 6.80. The van der Waals surface area contributed by atoms with Crippen molar-refractivity contribution in [2.75, 3.05) is 13.7 Å². The highest BCUT2D eigenvalue weighted by atomic mass is 28.3. The Morgan fingerprint density at radius 2 is 2.07 bits per heavy atom. The predicted octanol–water partition coefficient (Wildman–Crippen LogP) is 3.52. The van der Waals surface area contributed by atoms with Crippen molar-refractivity contribution in [3.8, 4) is 11.8 Å². The van der Waals surface area contributed by atoms with Crippen molar-refractivity contribution in [1.29, 1.82) is 5.26 Å². The van der Waals surface area contributed by atoms with E-state index in [0.29, 0.717) is 11.8 Å². The van der Waals surface area contributed by atoms with Crippen molar-refractivity contribution in [1.82, 2.24) is 4.90 Å². The first-order valence-electron chi connectivity index (χ1n) is 9.39. The third kappa shape index (κ3) is 3.83. The van der Waals surface area contributed by atoms with Crippen LogP contribution in [-0.2, 0) is 20.9 Å². The molecule has 1 aliphatic rings. The number of rotatable bonds is 8. The predicted molar refractivity (Wildman–Crippen MR) is 109 cm³/mol. The second-order valence-electron chi connectivity index (χ2n) is 7.66. The number of nitrogens with zero attached hydrogens (tertiary/aromatic N) is 2. The smallest absolute Gasteiger partial charge is 0.347 e. The molecule has 0 bridgehead atoms. The molecule has 2 atom stereocenters. The Hall–Kier alpha value is -2.59. The van der Waals surface area contributed by atoms with Gasteiger partial charge < -0.3 is 14.4 Å². The molecule has 6 nitrogen and oxygen atoms in total. The van der Waals surface area contributed by atoms with Crippen LogP contribution < -0.4 is 4.74 Å². The molecule has 1 aromatic carbocycles. The van der Waals surface area contributed by atoms with Gasteiger partial charge in [0.2, 0.25) is 11.4 Å². The summed E-state index contributed by atoms with van der Waals surface area (Å²) in [7, 11) is -0.577. The normalized spacial score (nSPS) is 21.9. The lowest BCUT2D eigenvalue weighted by atomic mass is 9.96. The topological polar surface area (TPSA) is 79.6 Å². The average Bonchev–Trinajstić information content (AvgIpc) is 2.96. The van der Waals surface area contributed by atoms with Crippen LogP contribution in [0.1, 0.15) is 18.9 Å². The summed E-state index contributed by atoms with van der Waals surface area (Å²) in [6, 6.07) is 10.2. The molecule has 1 aliphatic heterocycles. The molecule has 0 aromatic heterocycles. The standard InChI is InChI=1S/C21H28N2O4Si/c1-6-12-28(4,5)18-13-19(24)23(21(18,15-22)20(25)27-7-2)14-16-8-10-17(26-3)11-9-16/h6,8-11,18H,1,7,12-14H2,2-5H3/t18-,21+/m1/s1. The number of hydrogen-bond acceptors (Lipinski definition) is 5. The van der Waals surface area contributed by atoms with Crippen molar-refractivity contribution < 1.29 is 19.1 Å². The van der Waals surface area contributed by atoms with Gasteiger partial charge in [-0.1, -0.05) is 31.3 Å². The lowest BCUT2D eigenvalue weighted by Crippen LogP contribution is -2.57. The van der Waals surface area contributed by atoms with Gasteiger partial charge in [0.15, 0.2) is 0 Å². The fourth-order valence-electron chi connectivity index (χ4n) is 3.98. The van der Waals surface area contributed by atoms with Crippen LogP contribution in [0.15, 0.2) is 36.9 Å². The zero-order valence-corrected chi connectivity index (χ0v) is 18.0. The zero-order chi connectivity index (χ0) is 20.9. The molecule has 7 heteroatoms. The number of carbonyl (C=O) groups is 2. The van der Waals surface area contributed by atoms with E-state index in [0.717, 1.165) is 5.56 Å². The van der Waals surface area contributed by atoms with Gasteiger partial charge in [0.05, 0.1) is 21.8 Å². The quantitative estimate of drug-likeness (QED) is 0.379. The number of allylic oxidation sites excluding steroid dienone is 1. The second kappa shape index (κ2) is 8.61. The monoisotopic (exact) mass is 400 g/mol. The number of hydrogen-bond donors (Lipinski definition) is 0. The first-order valence-corrected chi connectivity index (χ1v) is 12.7. The Balaban J connectivity index is 2.51. The van der Waals surface area contributed by atoms with E-state index in [9.17, 15) is 14.9 Å². The molecule has 1 saturated heterocycles. The molecule has 0 unspecified atom stereocenters. The molecule has 0 radical (unpaired) electrons. The van der Waals surface area contributed by atoms with Gasteiger partial charge in [-0.2, -0.15) is 5.26 Å². The molecule has 1 heterocycles. The van der Waals surface area contributed by atoms with Crippen molar-refractivity contribution in [2.24, 2.45) is 0 Å². The molecule has 2 rings (SSSR count). The number of amides is 1. The van der Waals surface area contributed by atoms with Crippen molar-refractivity contribution in [2.45, 2.75) is 50.1 Å². The number of ether oxygens (including phenoxy) is 2. The maximum absolute atomic E-state index is 13.0. The molecule has 0 saturated carbocycles. The summed E-state index contributed by atoms with van der Waals surface area (Å²) in [4.78, 5) is 27.4. The Labute approximate surface area is 167 Å². The van der Waals surface area contributed by atoms with Gasteiger partial charge in [-0.15, -0.1) is 6.58 Å². The van der Waals surface area contributed by atoms with E-state index in [1.807, 2.05) is 18.2 Å². The van der Waals surface area contributed by atoms with Crippen LogP contribution in [0.5, 0.6) is 5.75 Å². The number of methoxy groups -OCH3 is 1. The van der Waals surface area contributed by atoms with Crippen LogP contribution in [0.25, 0.3) is 0 Å². The zero-order valence-electron chi connectivity index (χ0n) is 17.0. The third-order valence-electron chi connectivity index (χ3n) is 5.48. The fourth-order valence-corrected chi connectivity index (χ4v) is 7.20. The maximum Gasteiger partial charge on any atom is 0.347 e. The van der Waals surface area contributed by atoms with Crippen LogP contribution in [0.4, 0.5) is 0 Å². The van der Waals surface area contributed by atoms with Crippen LogP contribution in [0, 0.1) is 11.3 Å². The first kappa shape index (κ1) is 21.7. The van der Waals surface area contributed by atoms with E-state index in [1.165, 1.54) is 4.90 Å². The first-order chi connectivity index (χ1) is 13.3. The van der Waals surface area contributed by atoms with E-state index < -0.39 is 19.6 Å². The SMILES string of the molecule is C=CC[Si](C)(C)[C@@H]1CC(=O)N(Cc2ccc(OC)cc2)[C@]1(C#N)C(=O)OCC. The summed E-state index contributed by atoms with van der Waals surface area (Å²) in [5.41, 5.74) is -1.15. The van der Waals surface area contributed by atoms with Gasteiger partial charge in [0.1, 0.15) is 11.8 Å². The number of esters is 1. The molecular formula is C21H28N2O4Si. The molecule has 28 heavy (non-hydrogen) atoms. The minimum absolute atomic E-state index is 0.156. The highest BCUT2D eigenvalue weighted by Gasteiger charge is 2.63. The molecule has 0 aliphatic carbocycles. The number of benzene rings is 1. The highest BCUT2D eigenvalue weighted by Crippen LogP contribution is 2.49. The van der Waals surface area contributed by atoms with Gasteiger partial charge in [-0.25, -0.2) is 4.79 Å². The summed E-state index contributed by atoms with van der Waals surface area (Å²) in [6.07, 6.45) is 1.99. The Morgan fingerprint density at radius 3 is 2.57 bits per heavy atom.